The van der Waals surface area contributed by atoms with Crippen molar-refractivity contribution in [2.24, 2.45) is 5.73 Å². The van der Waals surface area contributed by atoms with Crippen LogP contribution in [0.25, 0.3) is 0 Å². The van der Waals surface area contributed by atoms with E-state index < -0.39 is 0 Å². The lowest BCUT2D eigenvalue weighted by Gasteiger charge is -2.18. The molecule has 2 rings (SSSR count). The highest BCUT2D eigenvalue weighted by atomic mass is 19.1. The van der Waals surface area contributed by atoms with Crippen LogP contribution in [-0.4, -0.2) is 6.54 Å². The smallest absolute Gasteiger partial charge is 0.128 e. The van der Waals surface area contributed by atoms with Gasteiger partial charge in [0, 0.05) is 24.7 Å². The number of nitrogens with two attached hydrogens (primary N) is 1. The van der Waals surface area contributed by atoms with Crippen molar-refractivity contribution in [2.45, 2.75) is 12.6 Å². The average molecular weight is 244 g/mol. The lowest BCUT2D eigenvalue weighted by molar-refractivity contribution is 0.506. The first-order chi connectivity index (χ1) is 8.81. The van der Waals surface area contributed by atoms with Crippen LogP contribution < -0.4 is 11.1 Å². The first kappa shape index (κ1) is 12.7. The minimum atomic E-state index is -0.214. The maximum Gasteiger partial charge on any atom is 0.128 e. The number of rotatable bonds is 5. The molecule has 0 aliphatic heterocycles. The Bertz CT molecular complexity index is 485. The van der Waals surface area contributed by atoms with Crippen LogP contribution in [0.15, 0.2) is 54.6 Å². The van der Waals surface area contributed by atoms with Crippen LogP contribution in [0.1, 0.15) is 17.2 Å². The predicted octanol–water partition coefficient (Wildman–Crippen LogP) is 2.62. The quantitative estimate of drug-likeness (QED) is 0.848. The molecular formula is C15H17FN2. The van der Waals surface area contributed by atoms with Gasteiger partial charge in [0.1, 0.15) is 5.82 Å². The monoisotopic (exact) mass is 244 g/mol. The second kappa shape index (κ2) is 6.28. The highest BCUT2D eigenvalue weighted by Gasteiger charge is 2.12. The second-order valence-electron chi connectivity index (χ2n) is 4.18. The molecule has 3 N–H and O–H groups in total. The summed E-state index contributed by atoms with van der Waals surface area (Å²) in [6.07, 6.45) is 0. The summed E-state index contributed by atoms with van der Waals surface area (Å²) in [7, 11) is 0. The standard InChI is InChI=1S/C15H17FN2/c16-14-9-5-4-8-13(14)15(10-17)18-11-12-6-2-1-3-7-12/h1-9,15,18H,10-11,17H2. The summed E-state index contributed by atoms with van der Waals surface area (Å²) in [4.78, 5) is 0. The van der Waals surface area contributed by atoms with Crippen molar-refractivity contribution in [2.75, 3.05) is 6.54 Å². The molecule has 0 amide bonds. The predicted molar refractivity (Wildman–Crippen MR) is 71.5 cm³/mol. The summed E-state index contributed by atoms with van der Waals surface area (Å²) in [5, 5.41) is 3.28. The molecule has 3 heteroatoms. The van der Waals surface area contributed by atoms with Gasteiger partial charge in [0.15, 0.2) is 0 Å². The molecule has 2 nitrogen and oxygen atoms in total. The van der Waals surface area contributed by atoms with Crippen molar-refractivity contribution < 1.29 is 4.39 Å². The van der Waals surface area contributed by atoms with Crippen LogP contribution in [0, 0.1) is 5.82 Å². The van der Waals surface area contributed by atoms with E-state index in [9.17, 15) is 4.39 Å². The average Bonchev–Trinajstić information content (AvgIpc) is 2.42. The number of benzene rings is 2. The van der Waals surface area contributed by atoms with Crippen LogP contribution >= 0.6 is 0 Å². The highest BCUT2D eigenvalue weighted by molar-refractivity contribution is 5.22. The molecule has 0 bridgehead atoms. The van der Waals surface area contributed by atoms with Gasteiger partial charge in [-0.05, 0) is 11.6 Å². The van der Waals surface area contributed by atoms with E-state index >= 15 is 0 Å². The minimum Gasteiger partial charge on any atom is -0.329 e. The topological polar surface area (TPSA) is 38.0 Å². The SMILES string of the molecule is NCC(NCc1ccccc1)c1ccccc1F. The Morgan fingerprint density at radius 1 is 1.00 bits per heavy atom. The first-order valence-electron chi connectivity index (χ1n) is 6.03. The maximum absolute atomic E-state index is 13.7. The van der Waals surface area contributed by atoms with E-state index in [1.54, 1.807) is 12.1 Å². The van der Waals surface area contributed by atoms with Crippen LogP contribution in [0.4, 0.5) is 4.39 Å². The van der Waals surface area contributed by atoms with Gasteiger partial charge < -0.3 is 11.1 Å². The molecule has 2 aromatic rings. The van der Waals surface area contributed by atoms with E-state index in [1.807, 2.05) is 36.4 Å². The van der Waals surface area contributed by atoms with Gasteiger partial charge in [-0.25, -0.2) is 4.39 Å². The first-order valence-corrected chi connectivity index (χ1v) is 6.03. The lowest BCUT2D eigenvalue weighted by atomic mass is 10.1. The number of hydrogen-bond acceptors (Lipinski definition) is 2. The Balaban J connectivity index is 2.04. The Morgan fingerprint density at radius 2 is 1.67 bits per heavy atom. The minimum absolute atomic E-state index is 0.161. The van der Waals surface area contributed by atoms with Crippen molar-refractivity contribution in [1.82, 2.24) is 5.32 Å². The van der Waals surface area contributed by atoms with E-state index in [1.165, 1.54) is 6.07 Å². The van der Waals surface area contributed by atoms with E-state index in [0.29, 0.717) is 18.7 Å². The van der Waals surface area contributed by atoms with Gasteiger partial charge in [-0.3, -0.25) is 0 Å². The van der Waals surface area contributed by atoms with Gasteiger partial charge in [0.05, 0.1) is 0 Å². The Hall–Kier alpha value is -1.71. The number of nitrogens with one attached hydrogen (secondary N) is 1. The van der Waals surface area contributed by atoms with Crippen LogP contribution in [-0.2, 0) is 6.54 Å². The molecule has 0 saturated heterocycles. The van der Waals surface area contributed by atoms with Gasteiger partial charge in [-0.2, -0.15) is 0 Å². The molecule has 1 unspecified atom stereocenters. The van der Waals surface area contributed by atoms with Crippen molar-refractivity contribution in [3.05, 3.63) is 71.5 Å². The molecule has 0 aliphatic carbocycles. The molecule has 0 saturated carbocycles. The van der Waals surface area contributed by atoms with Crippen molar-refractivity contribution in [3.8, 4) is 0 Å². The summed E-state index contributed by atoms with van der Waals surface area (Å²) in [6, 6.07) is 16.6. The van der Waals surface area contributed by atoms with Crippen LogP contribution in [0.2, 0.25) is 0 Å². The normalized spacial score (nSPS) is 12.3. The zero-order valence-corrected chi connectivity index (χ0v) is 10.1. The number of halogens is 1. The van der Waals surface area contributed by atoms with E-state index in [4.69, 9.17) is 5.73 Å². The maximum atomic E-state index is 13.7. The largest absolute Gasteiger partial charge is 0.329 e. The molecule has 1 atom stereocenters. The molecule has 18 heavy (non-hydrogen) atoms. The molecular weight excluding hydrogens is 227 g/mol. The molecule has 0 aromatic heterocycles. The molecule has 94 valence electrons. The molecule has 2 aromatic carbocycles. The van der Waals surface area contributed by atoms with Gasteiger partial charge >= 0.3 is 0 Å². The fourth-order valence-electron chi connectivity index (χ4n) is 1.91. The Labute approximate surface area is 107 Å². The van der Waals surface area contributed by atoms with E-state index in [2.05, 4.69) is 5.32 Å². The molecule has 0 aliphatic rings. The summed E-state index contributed by atoms with van der Waals surface area (Å²) in [5.41, 5.74) is 7.49. The molecule has 0 heterocycles. The Morgan fingerprint density at radius 3 is 2.33 bits per heavy atom. The van der Waals surface area contributed by atoms with Gasteiger partial charge in [-0.1, -0.05) is 48.5 Å². The van der Waals surface area contributed by atoms with E-state index in [0.717, 1.165) is 5.56 Å². The molecule has 0 fully saturated rings. The van der Waals surface area contributed by atoms with Gasteiger partial charge in [-0.15, -0.1) is 0 Å². The third-order valence-corrected chi connectivity index (χ3v) is 2.91. The zero-order chi connectivity index (χ0) is 12.8. The van der Waals surface area contributed by atoms with E-state index in [-0.39, 0.29) is 11.9 Å². The Kier molecular flexibility index (Phi) is 4.45. The van der Waals surface area contributed by atoms with Crippen LogP contribution in [0.3, 0.4) is 0 Å². The fraction of sp³-hybridized carbons (Fsp3) is 0.200. The molecule has 0 spiro atoms. The van der Waals surface area contributed by atoms with Crippen LogP contribution in [0.5, 0.6) is 0 Å². The third kappa shape index (κ3) is 3.15. The zero-order valence-electron chi connectivity index (χ0n) is 10.1. The summed E-state index contributed by atoms with van der Waals surface area (Å²) in [5.74, 6) is -0.214. The third-order valence-electron chi connectivity index (χ3n) is 2.91. The lowest BCUT2D eigenvalue weighted by Crippen LogP contribution is -2.28. The van der Waals surface area contributed by atoms with Crippen molar-refractivity contribution in [3.63, 3.8) is 0 Å². The van der Waals surface area contributed by atoms with Crippen molar-refractivity contribution in [1.29, 1.82) is 0 Å². The highest BCUT2D eigenvalue weighted by Crippen LogP contribution is 2.16. The fourth-order valence-corrected chi connectivity index (χ4v) is 1.91. The summed E-state index contributed by atoms with van der Waals surface area (Å²) >= 11 is 0. The van der Waals surface area contributed by atoms with Gasteiger partial charge in [0.25, 0.3) is 0 Å². The molecule has 0 radical (unpaired) electrons. The summed E-state index contributed by atoms with van der Waals surface area (Å²) in [6.45, 7) is 1.05. The number of hydrogen-bond donors (Lipinski definition) is 2. The summed E-state index contributed by atoms with van der Waals surface area (Å²) < 4.78 is 13.7. The van der Waals surface area contributed by atoms with Crippen molar-refractivity contribution >= 4 is 0 Å². The second-order valence-corrected chi connectivity index (χ2v) is 4.18. The van der Waals surface area contributed by atoms with Gasteiger partial charge in [0.2, 0.25) is 0 Å².